The van der Waals surface area contributed by atoms with E-state index < -0.39 is 16.1 Å². The van der Waals surface area contributed by atoms with Gasteiger partial charge in [-0.2, -0.15) is 4.31 Å². The van der Waals surface area contributed by atoms with Gasteiger partial charge in [0.25, 0.3) is 0 Å². The number of carbonyl (C=O) groups excluding carboxylic acids is 1. The molecule has 1 fully saturated rings. The number of sulfonamides is 1. The van der Waals surface area contributed by atoms with Gasteiger partial charge in [-0.25, -0.2) is 13.2 Å². The average molecular weight is 390 g/mol. The Labute approximate surface area is 159 Å². The van der Waals surface area contributed by atoms with Crippen LogP contribution in [0.3, 0.4) is 0 Å². The molecule has 2 aromatic rings. The minimum atomic E-state index is -3.59. The molecule has 0 bridgehead atoms. The molecule has 0 radical (unpaired) electrons. The van der Waals surface area contributed by atoms with Gasteiger partial charge in [-0.05, 0) is 29.8 Å². The maximum atomic E-state index is 12.7. The van der Waals surface area contributed by atoms with Gasteiger partial charge in [0, 0.05) is 26.2 Å². The lowest BCUT2D eigenvalue weighted by Crippen LogP contribution is -2.50. The van der Waals surface area contributed by atoms with Crippen molar-refractivity contribution < 1.29 is 22.7 Å². The van der Waals surface area contributed by atoms with Crippen LogP contribution in [0.5, 0.6) is 5.75 Å². The number of piperazine rings is 1. The molecule has 8 heteroatoms. The number of ether oxygens (including phenoxy) is 2. The second-order valence-corrected chi connectivity index (χ2v) is 8.04. The first-order valence-corrected chi connectivity index (χ1v) is 10.0. The van der Waals surface area contributed by atoms with Crippen molar-refractivity contribution in [3.05, 3.63) is 60.2 Å². The normalized spacial score (nSPS) is 15.4. The Balaban J connectivity index is 1.55. The smallest absolute Gasteiger partial charge is 0.410 e. The van der Waals surface area contributed by atoms with Crippen LogP contribution in [-0.4, -0.2) is 57.0 Å². The van der Waals surface area contributed by atoms with E-state index in [2.05, 4.69) is 0 Å². The highest BCUT2D eigenvalue weighted by Crippen LogP contribution is 2.21. The molecule has 1 heterocycles. The molecule has 144 valence electrons. The highest BCUT2D eigenvalue weighted by atomic mass is 32.2. The molecule has 1 saturated heterocycles. The van der Waals surface area contributed by atoms with Crippen molar-refractivity contribution in [2.45, 2.75) is 11.5 Å². The van der Waals surface area contributed by atoms with Crippen molar-refractivity contribution in [3.63, 3.8) is 0 Å². The van der Waals surface area contributed by atoms with E-state index in [0.29, 0.717) is 18.8 Å². The first-order chi connectivity index (χ1) is 13.0. The molecule has 2 aromatic carbocycles. The number of benzene rings is 2. The van der Waals surface area contributed by atoms with Crippen LogP contribution in [0, 0.1) is 0 Å². The SMILES string of the molecule is COc1ccc(S(=O)(=O)N2CCN(C(=O)OCc3ccccc3)CC2)cc1. The van der Waals surface area contributed by atoms with E-state index >= 15 is 0 Å². The standard InChI is InChI=1S/C19H22N2O5S/c1-25-17-7-9-18(10-8-17)27(23,24)21-13-11-20(12-14-21)19(22)26-15-16-5-3-2-4-6-16/h2-10H,11-15H2,1H3. The molecule has 1 aliphatic rings. The third-order valence-electron chi connectivity index (χ3n) is 4.40. The quantitative estimate of drug-likeness (QED) is 0.783. The van der Waals surface area contributed by atoms with Crippen molar-refractivity contribution in [1.82, 2.24) is 9.21 Å². The summed E-state index contributed by atoms with van der Waals surface area (Å²) < 4.78 is 37.2. The molecule has 0 N–H and O–H groups in total. The number of amides is 1. The van der Waals surface area contributed by atoms with Crippen molar-refractivity contribution in [1.29, 1.82) is 0 Å². The summed E-state index contributed by atoms with van der Waals surface area (Å²) in [7, 11) is -2.07. The fourth-order valence-electron chi connectivity index (χ4n) is 2.82. The molecule has 1 amide bonds. The Bertz CT molecular complexity index is 861. The van der Waals surface area contributed by atoms with E-state index in [0.717, 1.165) is 5.56 Å². The Hall–Kier alpha value is -2.58. The zero-order valence-electron chi connectivity index (χ0n) is 15.1. The van der Waals surface area contributed by atoms with Crippen LogP contribution in [-0.2, 0) is 21.4 Å². The number of hydrogen-bond acceptors (Lipinski definition) is 5. The molecule has 0 spiro atoms. The summed E-state index contributed by atoms with van der Waals surface area (Å²) in [5.74, 6) is 0.597. The number of rotatable bonds is 5. The largest absolute Gasteiger partial charge is 0.497 e. The second-order valence-electron chi connectivity index (χ2n) is 6.11. The Morgan fingerprint density at radius 2 is 1.59 bits per heavy atom. The van der Waals surface area contributed by atoms with Crippen molar-refractivity contribution in [2.24, 2.45) is 0 Å². The molecule has 27 heavy (non-hydrogen) atoms. The van der Waals surface area contributed by atoms with Crippen LogP contribution in [0.15, 0.2) is 59.5 Å². The summed E-state index contributed by atoms with van der Waals surface area (Å²) in [4.78, 5) is 13.9. The van der Waals surface area contributed by atoms with Gasteiger partial charge in [-0.3, -0.25) is 0 Å². The lowest BCUT2D eigenvalue weighted by Gasteiger charge is -2.33. The van der Waals surface area contributed by atoms with Crippen LogP contribution in [0.4, 0.5) is 4.79 Å². The predicted molar refractivity (Wildman–Crippen MR) is 100.0 cm³/mol. The first-order valence-electron chi connectivity index (χ1n) is 8.60. The molecular weight excluding hydrogens is 368 g/mol. The molecule has 0 saturated carbocycles. The summed E-state index contributed by atoms with van der Waals surface area (Å²) in [5, 5.41) is 0. The maximum Gasteiger partial charge on any atom is 0.410 e. The van der Waals surface area contributed by atoms with Gasteiger partial charge < -0.3 is 14.4 Å². The molecule has 0 atom stereocenters. The highest BCUT2D eigenvalue weighted by Gasteiger charge is 2.30. The number of hydrogen-bond donors (Lipinski definition) is 0. The molecule has 3 rings (SSSR count). The minimum Gasteiger partial charge on any atom is -0.497 e. The van der Waals surface area contributed by atoms with Crippen LogP contribution in [0.25, 0.3) is 0 Å². The fraction of sp³-hybridized carbons (Fsp3) is 0.316. The van der Waals surface area contributed by atoms with Crippen molar-refractivity contribution >= 4 is 16.1 Å². The lowest BCUT2D eigenvalue weighted by molar-refractivity contribution is 0.0838. The van der Waals surface area contributed by atoms with E-state index in [4.69, 9.17) is 9.47 Å². The van der Waals surface area contributed by atoms with E-state index in [9.17, 15) is 13.2 Å². The third-order valence-corrected chi connectivity index (χ3v) is 6.31. The van der Waals surface area contributed by atoms with Crippen LogP contribution < -0.4 is 4.74 Å². The molecule has 0 aromatic heterocycles. The molecule has 1 aliphatic heterocycles. The zero-order valence-corrected chi connectivity index (χ0v) is 15.9. The Morgan fingerprint density at radius 1 is 0.963 bits per heavy atom. The monoisotopic (exact) mass is 390 g/mol. The maximum absolute atomic E-state index is 12.7. The van der Waals surface area contributed by atoms with Gasteiger partial charge in [0.2, 0.25) is 10.0 Å². The van der Waals surface area contributed by atoms with Gasteiger partial charge in [0.15, 0.2) is 0 Å². The summed E-state index contributed by atoms with van der Waals surface area (Å²) >= 11 is 0. The van der Waals surface area contributed by atoms with Crippen molar-refractivity contribution in [2.75, 3.05) is 33.3 Å². The van der Waals surface area contributed by atoms with E-state index in [1.54, 1.807) is 12.1 Å². The summed E-state index contributed by atoms with van der Waals surface area (Å²) in [5.41, 5.74) is 0.909. The van der Waals surface area contributed by atoms with Crippen LogP contribution in [0.1, 0.15) is 5.56 Å². The summed E-state index contributed by atoms with van der Waals surface area (Å²) in [6.45, 7) is 1.25. The van der Waals surface area contributed by atoms with E-state index in [-0.39, 0.29) is 24.6 Å². The number of carbonyl (C=O) groups is 1. The van der Waals surface area contributed by atoms with E-state index in [1.807, 2.05) is 30.3 Å². The van der Waals surface area contributed by atoms with Crippen LogP contribution >= 0.6 is 0 Å². The predicted octanol–water partition coefficient (Wildman–Crippen LogP) is 2.34. The summed E-state index contributed by atoms with van der Waals surface area (Å²) in [6, 6.07) is 15.7. The Kier molecular flexibility index (Phi) is 5.98. The van der Waals surface area contributed by atoms with Crippen LogP contribution in [0.2, 0.25) is 0 Å². The summed E-state index contributed by atoms with van der Waals surface area (Å²) in [6.07, 6.45) is -0.430. The van der Waals surface area contributed by atoms with Crippen molar-refractivity contribution in [3.8, 4) is 5.75 Å². The lowest BCUT2D eigenvalue weighted by atomic mass is 10.2. The average Bonchev–Trinajstić information content (AvgIpc) is 2.73. The number of nitrogens with zero attached hydrogens (tertiary/aromatic N) is 2. The molecule has 0 aliphatic carbocycles. The third kappa shape index (κ3) is 4.58. The molecular formula is C19H22N2O5S. The number of methoxy groups -OCH3 is 1. The molecule has 0 unspecified atom stereocenters. The first kappa shape index (κ1) is 19.2. The topological polar surface area (TPSA) is 76.2 Å². The van der Waals surface area contributed by atoms with Gasteiger partial charge in [0.05, 0.1) is 12.0 Å². The van der Waals surface area contributed by atoms with Gasteiger partial charge in [0.1, 0.15) is 12.4 Å². The van der Waals surface area contributed by atoms with Gasteiger partial charge in [-0.15, -0.1) is 0 Å². The van der Waals surface area contributed by atoms with Gasteiger partial charge in [-0.1, -0.05) is 30.3 Å². The zero-order chi connectivity index (χ0) is 19.3. The second kappa shape index (κ2) is 8.41. The highest BCUT2D eigenvalue weighted by molar-refractivity contribution is 7.89. The molecule has 7 nitrogen and oxygen atoms in total. The van der Waals surface area contributed by atoms with E-state index in [1.165, 1.54) is 28.4 Å². The Morgan fingerprint density at radius 3 is 2.19 bits per heavy atom. The van der Waals surface area contributed by atoms with Gasteiger partial charge >= 0.3 is 6.09 Å². The fourth-order valence-corrected chi connectivity index (χ4v) is 4.24. The minimum absolute atomic E-state index is 0.198.